The van der Waals surface area contributed by atoms with E-state index in [0.717, 1.165) is 27.8 Å². The van der Waals surface area contributed by atoms with E-state index < -0.39 is 17.0 Å². The molecule has 4 rings (SSSR count). The van der Waals surface area contributed by atoms with Crippen molar-refractivity contribution in [3.63, 3.8) is 0 Å². The third kappa shape index (κ3) is 4.28. The van der Waals surface area contributed by atoms with Crippen molar-refractivity contribution in [2.24, 2.45) is 0 Å². The highest BCUT2D eigenvalue weighted by molar-refractivity contribution is 8.19. The summed E-state index contributed by atoms with van der Waals surface area (Å²) in [5.74, 6) is -0.446. The first-order valence-electron chi connectivity index (χ1n) is 9.32. The van der Waals surface area contributed by atoms with Crippen molar-refractivity contribution < 1.29 is 18.7 Å². The molecule has 0 aromatic heterocycles. The van der Waals surface area contributed by atoms with Gasteiger partial charge in [-0.25, -0.2) is 9.29 Å². The number of halogens is 1. The average molecular weight is 419 g/mol. The molecule has 30 heavy (non-hydrogen) atoms. The fourth-order valence-electron chi connectivity index (χ4n) is 2.97. The summed E-state index contributed by atoms with van der Waals surface area (Å²) in [7, 11) is 0. The highest BCUT2D eigenvalue weighted by atomic mass is 32.2. The Bertz CT molecular complexity index is 1120. The van der Waals surface area contributed by atoms with Crippen LogP contribution in [0.25, 0.3) is 6.08 Å². The predicted octanol–water partition coefficient (Wildman–Crippen LogP) is 5.95. The van der Waals surface area contributed by atoms with Crippen molar-refractivity contribution >= 4 is 34.7 Å². The van der Waals surface area contributed by atoms with Crippen molar-refractivity contribution in [1.82, 2.24) is 0 Å². The van der Waals surface area contributed by atoms with Gasteiger partial charge >= 0.3 is 0 Å². The van der Waals surface area contributed by atoms with Crippen LogP contribution in [-0.4, -0.2) is 11.1 Å². The maximum Gasteiger partial charge on any atom is 0.298 e. The summed E-state index contributed by atoms with van der Waals surface area (Å²) in [5.41, 5.74) is 2.98. The van der Waals surface area contributed by atoms with Gasteiger partial charge in [-0.05, 0) is 60.2 Å². The predicted molar refractivity (Wildman–Crippen MR) is 117 cm³/mol. The minimum Gasteiger partial charge on any atom is -0.489 e. The zero-order valence-electron chi connectivity index (χ0n) is 16.2. The van der Waals surface area contributed by atoms with Gasteiger partial charge < -0.3 is 4.74 Å². The lowest BCUT2D eigenvalue weighted by atomic mass is 10.1. The van der Waals surface area contributed by atoms with E-state index in [1.807, 2.05) is 43.3 Å². The second kappa shape index (κ2) is 8.55. The number of carbonyl (C=O) groups excluding carboxylic acids is 2. The molecular weight excluding hydrogens is 401 g/mol. The number of aryl methyl sites for hydroxylation is 1. The van der Waals surface area contributed by atoms with Crippen LogP contribution in [0.15, 0.2) is 77.7 Å². The molecule has 6 heteroatoms. The minimum atomic E-state index is -0.615. The first kappa shape index (κ1) is 19.9. The van der Waals surface area contributed by atoms with Crippen molar-refractivity contribution in [2.75, 3.05) is 4.90 Å². The number of ether oxygens (including phenoxy) is 1. The average Bonchev–Trinajstić information content (AvgIpc) is 3.02. The Hall–Kier alpha value is -3.38. The number of benzene rings is 3. The quantitative estimate of drug-likeness (QED) is 0.479. The second-order valence-corrected chi connectivity index (χ2v) is 7.81. The molecule has 1 aliphatic rings. The van der Waals surface area contributed by atoms with E-state index in [-0.39, 0.29) is 10.6 Å². The number of rotatable bonds is 5. The second-order valence-electron chi connectivity index (χ2n) is 6.81. The summed E-state index contributed by atoms with van der Waals surface area (Å²) in [6.45, 7) is 2.50. The Kier molecular flexibility index (Phi) is 5.68. The van der Waals surface area contributed by atoms with E-state index in [4.69, 9.17) is 4.74 Å². The van der Waals surface area contributed by atoms with Gasteiger partial charge in [0.1, 0.15) is 18.2 Å². The molecule has 4 nitrogen and oxygen atoms in total. The van der Waals surface area contributed by atoms with Crippen LogP contribution in [0.5, 0.6) is 5.75 Å². The Morgan fingerprint density at radius 2 is 1.67 bits per heavy atom. The molecule has 0 spiro atoms. The van der Waals surface area contributed by atoms with E-state index in [9.17, 15) is 14.0 Å². The number of hydrogen-bond acceptors (Lipinski definition) is 4. The lowest BCUT2D eigenvalue weighted by Crippen LogP contribution is -2.28. The van der Waals surface area contributed by atoms with Gasteiger partial charge in [0.05, 0.1) is 10.6 Å². The monoisotopic (exact) mass is 419 g/mol. The van der Waals surface area contributed by atoms with Crippen LogP contribution in [0, 0.1) is 12.7 Å². The molecule has 0 radical (unpaired) electrons. The Morgan fingerprint density at radius 3 is 2.37 bits per heavy atom. The molecular formula is C24H18FNO3S. The number of anilines is 1. The van der Waals surface area contributed by atoms with Crippen LogP contribution < -0.4 is 9.64 Å². The molecule has 1 aliphatic heterocycles. The van der Waals surface area contributed by atoms with Crippen LogP contribution >= 0.6 is 11.8 Å². The first-order chi connectivity index (χ1) is 14.5. The van der Waals surface area contributed by atoms with Gasteiger partial charge in [0, 0.05) is 0 Å². The molecule has 1 saturated heterocycles. The molecule has 3 aromatic carbocycles. The third-order valence-corrected chi connectivity index (χ3v) is 5.46. The summed E-state index contributed by atoms with van der Waals surface area (Å²) in [6.07, 6.45) is 1.62. The summed E-state index contributed by atoms with van der Waals surface area (Å²) < 4.78 is 19.8. The van der Waals surface area contributed by atoms with E-state index in [1.54, 1.807) is 24.3 Å². The molecule has 0 unspecified atom stereocenters. The minimum absolute atomic E-state index is 0.0387. The maximum absolute atomic E-state index is 14.0. The molecule has 150 valence electrons. The van der Waals surface area contributed by atoms with E-state index in [0.29, 0.717) is 12.4 Å². The van der Waals surface area contributed by atoms with Crippen molar-refractivity contribution in [3.8, 4) is 5.75 Å². The molecule has 0 bridgehead atoms. The zero-order chi connectivity index (χ0) is 21.1. The lowest BCUT2D eigenvalue weighted by Gasteiger charge is -2.12. The molecule has 2 amide bonds. The highest BCUT2D eigenvalue weighted by Crippen LogP contribution is 2.36. The summed E-state index contributed by atoms with van der Waals surface area (Å²) in [4.78, 5) is 26.0. The molecule has 0 atom stereocenters. The van der Waals surface area contributed by atoms with Crippen LogP contribution in [-0.2, 0) is 11.4 Å². The number of carbonyl (C=O) groups is 2. The van der Waals surface area contributed by atoms with E-state index >= 15 is 0 Å². The fraction of sp³-hybridized carbons (Fsp3) is 0.0833. The van der Waals surface area contributed by atoms with Crippen molar-refractivity contribution in [3.05, 3.63) is 100 Å². The Balaban J connectivity index is 1.46. The van der Waals surface area contributed by atoms with Crippen molar-refractivity contribution in [2.45, 2.75) is 13.5 Å². The van der Waals surface area contributed by atoms with Gasteiger partial charge in [-0.3, -0.25) is 9.59 Å². The van der Waals surface area contributed by atoms with Gasteiger partial charge in [-0.1, -0.05) is 54.1 Å². The number of amides is 2. The molecule has 3 aromatic rings. The standard InChI is InChI=1S/C24H18FNO3S/c1-16-6-8-18(9-7-16)15-29-19-12-10-17(11-13-19)14-22-23(27)26(24(28)30-22)21-5-3-2-4-20(21)25/h2-14H,15H2,1H3/b22-14-. The molecule has 1 fully saturated rings. The third-order valence-electron chi connectivity index (χ3n) is 4.59. The molecule has 0 N–H and O–H groups in total. The van der Waals surface area contributed by atoms with Crippen LogP contribution in [0.1, 0.15) is 16.7 Å². The summed E-state index contributed by atoms with van der Waals surface area (Å²) in [6, 6.07) is 21.1. The van der Waals surface area contributed by atoms with Gasteiger partial charge in [-0.15, -0.1) is 0 Å². The summed E-state index contributed by atoms with van der Waals surface area (Å²) >= 11 is 0.794. The highest BCUT2D eigenvalue weighted by Gasteiger charge is 2.37. The van der Waals surface area contributed by atoms with Gasteiger partial charge in [0.2, 0.25) is 0 Å². The Labute approximate surface area is 178 Å². The van der Waals surface area contributed by atoms with E-state index in [1.165, 1.54) is 23.8 Å². The number of nitrogens with zero attached hydrogens (tertiary/aromatic N) is 1. The molecule has 1 heterocycles. The fourth-order valence-corrected chi connectivity index (χ4v) is 3.81. The number of imide groups is 1. The first-order valence-corrected chi connectivity index (χ1v) is 10.1. The summed E-state index contributed by atoms with van der Waals surface area (Å²) in [5, 5.41) is -0.519. The lowest BCUT2D eigenvalue weighted by molar-refractivity contribution is -0.113. The zero-order valence-corrected chi connectivity index (χ0v) is 17.0. The number of para-hydroxylation sites is 1. The largest absolute Gasteiger partial charge is 0.489 e. The van der Waals surface area contributed by atoms with Crippen LogP contribution in [0.3, 0.4) is 0 Å². The van der Waals surface area contributed by atoms with Crippen LogP contribution in [0.4, 0.5) is 14.9 Å². The maximum atomic E-state index is 14.0. The van der Waals surface area contributed by atoms with Gasteiger partial charge in [-0.2, -0.15) is 0 Å². The number of hydrogen-bond donors (Lipinski definition) is 0. The number of thioether (sulfide) groups is 1. The van der Waals surface area contributed by atoms with Gasteiger partial charge in [0.15, 0.2) is 0 Å². The normalized spacial score (nSPS) is 15.1. The smallest absolute Gasteiger partial charge is 0.298 e. The molecule has 0 aliphatic carbocycles. The van der Waals surface area contributed by atoms with Crippen LogP contribution in [0.2, 0.25) is 0 Å². The van der Waals surface area contributed by atoms with Crippen molar-refractivity contribution in [1.29, 1.82) is 0 Å². The Morgan fingerprint density at radius 1 is 0.967 bits per heavy atom. The van der Waals surface area contributed by atoms with Gasteiger partial charge in [0.25, 0.3) is 11.1 Å². The SMILES string of the molecule is Cc1ccc(COc2ccc(/C=C3\SC(=O)N(c4ccccc4F)C3=O)cc2)cc1. The van der Waals surface area contributed by atoms with E-state index in [2.05, 4.69) is 0 Å². The molecule has 0 saturated carbocycles. The topological polar surface area (TPSA) is 46.6 Å².